The number of aryl methyl sites for hydroxylation is 2. The minimum atomic E-state index is -0.716. The number of rotatable bonds is 5. The minimum Gasteiger partial charge on any atom is -0.496 e. The number of aliphatic hydroxyl groups excluding tert-OH is 1. The second-order valence-corrected chi connectivity index (χ2v) is 9.78. The maximum atomic E-state index is 11.2. The lowest BCUT2D eigenvalue weighted by Gasteiger charge is -2.35. The summed E-state index contributed by atoms with van der Waals surface area (Å²) in [5.74, 6) is 3.10. The number of anilines is 1. The summed E-state index contributed by atoms with van der Waals surface area (Å²) in [6, 6.07) is 3.75. The van der Waals surface area contributed by atoms with Gasteiger partial charge in [-0.1, -0.05) is 0 Å². The highest BCUT2D eigenvalue weighted by atomic mass is 32.1. The predicted octanol–water partition coefficient (Wildman–Crippen LogP) is 3.21. The Morgan fingerprint density at radius 2 is 1.85 bits per heavy atom. The molecule has 0 saturated carbocycles. The van der Waals surface area contributed by atoms with Gasteiger partial charge in [-0.05, 0) is 31.5 Å². The zero-order valence-electron chi connectivity index (χ0n) is 19.6. The number of aromatic nitrogens is 2. The van der Waals surface area contributed by atoms with Crippen molar-refractivity contribution >= 4 is 27.4 Å². The lowest BCUT2D eigenvalue weighted by atomic mass is 9.95. The van der Waals surface area contributed by atoms with Crippen molar-refractivity contribution in [2.75, 3.05) is 52.0 Å². The largest absolute Gasteiger partial charge is 0.496 e. The topological polar surface area (TPSA) is 80.2 Å². The molecular weight excluding hydrogens is 440 g/mol. The molecule has 1 atom stereocenters. The second kappa shape index (κ2) is 9.06. The van der Waals surface area contributed by atoms with Gasteiger partial charge in [-0.2, -0.15) is 0 Å². The van der Waals surface area contributed by atoms with Crippen LogP contribution in [-0.2, 0) is 17.8 Å². The van der Waals surface area contributed by atoms with Crippen molar-refractivity contribution in [1.29, 1.82) is 0 Å². The number of nitrogens with zero attached hydrogens (tertiary/aromatic N) is 4. The molecule has 9 heteroatoms. The number of hydrogen-bond donors (Lipinski definition) is 1. The van der Waals surface area contributed by atoms with E-state index in [-0.39, 0.29) is 0 Å². The van der Waals surface area contributed by atoms with Gasteiger partial charge < -0.3 is 24.2 Å². The minimum absolute atomic E-state index is 0.425. The van der Waals surface area contributed by atoms with E-state index < -0.39 is 6.10 Å². The van der Waals surface area contributed by atoms with Gasteiger partial charge in [-0.15, -0.1) is 11.3 Å². The number of methoxy groups -OCH3 is 2. The number of β-amino-alcohol motifs (C(OH)–C–C–N with tert-alkyl or cyclic N) is 1. The molecule has 3 aromatic rings. The summed E-state index contributed by atoms with van der Waals surface area (Å²) in [5.41, 5.74) is 2.92. The average molecular weight is 471 g/mol. The summed E-state index contributed by atoms with van der Waals surface area (Å²) in [4.78, 5) is 16.7. The van der Waals surface area contributed by atoms with Crippen LogP contribution in [0.15, 0.2) is 12.1 Å². The standard InChI is InChI=1S/C24H30N4O4S/c1-14-15(2)33-24-21(14)23(25-20(26-24)13-27-7-9-32-10-8-27)28-11-16-18(30-3)5-6-19(31-4)22(16)17(29)12-28/h5-6,17,29H,7-13H2,1-4H3/t17-/m1/s1. The van der Waals surface area contributed by atoms with Gasteiger partial charge in [0.05, 0.1) is 45.9 Å². The Labute approximate surface area is 197 Å². The lowest BCUT2D eigenvalue weighted by molar-refractivity contribution is 0.0331. The molecule has 5 rings (SSSR count). The molecule has 2 aromatic heterocycles. The van der Waals surface area contributed by atoms with Crippen LogP contribution in [0, 0.1) is 13.8 Å². The Morgan fingerprint density at radius 3 is 2.58 bits per heavy atom. The van der Waals surface area contributed by atoms with Crippen LogP contribution >= 0.6 is 11.3 Å². The van der Waals surface area contributed by atoms with Crippen molar-refractivity contribution in [3.8, 4) is 11.5 Å². The molecule has 0 spiro atoms. The fraction of sp³-hybridized carbons (Fsp3) is 0.500. The Balaban J connectivity index is 1.59. The highest BCUT2D eigenvalue weighted by Crippen LogP contribution is 2.43. The normalized spacial score (nSPS) is 19.1. The van der Waals surface area contributed by atoms with Gasteiger partial charge in [0.2, 0.25) is 0 Å². The van der Waals surface area contributed by atoms with E-state index in [1.165, 1.54) is 10.4 Å². The molecular formula is C24H30N4O4S. The SMILES string of the molecule is COc1ccc(OC)c2c1CN(c1nc(CN3CCOCC3)nc3sc(C)c(C)c13)C[C@H]2O. The van der Waals surface area contributed by atoms with Crippen LogP contribution in [0.1, 0.15) is 33.5 Å². The number of benzene rings is 1. The van der Waals surface area contributed by atoms with Gasteiger partial charge >= 0.3 is 0 Å². The molecule has 0 bridgehead atoms. The van der Waals surface area contributed by atoms with Crippen molar-refractivity contribution in [3.05, 3.63) is 39.5 Å². The highest BCUT2D eigenvalue weighted by molar-refractivity contribution is 7.18. The number of aliphatic hydroxyl groups is 1. The van der Waals surface area contributed by atoms with E-state index in [1.807, 2.05) is 12.1 Å². The van der Waals surface area contributed by atoms with Crippen molar-refractivity contribution in [2.24, 2.45) is 0 Å². The van der Waals surface area contributed by atoms with Crippen LogP contribution < -0.4 is 14.4 Å². The zero-order chi connectivity index (χ0) is 23.1. The first kappa shape index (κ1) is 22.3. The van der Waals surface area contributed by atoms with Crippen molar-refractivity contribution in [3.63, 3.8) is 0 Å². The molecule has 0 radical (unpaired) electrons. The number of morpholine rings is 1. The summed E-state index contributed by atoms with van der Waals surface area (Å²) >= 11 is 1.71. The van der Waals surface area contributed by atoms with Crippen molar-refractivity contribution < 1.29 is 19.3 Å². The molecule has 8 nitrogen and oxygen atoms in total. The number of thiophene rings is 1. The predicted molar refractivity (Wildman–Crippen MR) is 129 cm³/mol. The van der Waals surface area contributed by atoms with Gasteiger partial charge in [-0.25, -0.2) is 9.97 Å². The molecule has 1 fully saturated rings. The Hall–Kier alpha value is -2.46. The summed E-state index contributed by atoms with van der Waals surface area (Å²) in [6.07, 6.45) is -0.716. The smallest absolute Gasteiger partial charge is 0.146 e. The fourth-order valence-corrected chi connectivity index (χ4v) is 5.81. The van der Waals surface area contributed by atoms with E-state index in [0.717, 1.165) is 65.0 Å². The van der Waals surface area contributed by atoms with Crippen LogP contribution in [0.4, 0.5) is 5.82 Å². The van der Waals surface area contributed by atoms with Gasteiger partial charge in [0.15, 0.2) is 0 Å². The summed E-state index contributed by atoms with van der Waals surface area (Å²) in [6.45, 7) is 9.18. The van der Waals surface area contributed by atoms with E-state index in [9.17, 15) is 5.11 Å². The van der Waals surface area contributed by atoms with Crippen LogP contribution in [0.5, 0.6) is 11.5 Å². The molecule has 33 heavy (non-hydrogen) atoms. The van der Waals surface area contributed by atoms with E-state index in [4.69, 9.17) is 24.2 Å². The Morgan fingerprint density at radius 1 is 1.12 bits per heavy atom. The van der Waals surface area contributed by atoms with Crippen molar-refractivity contribution in [2.45, 2.75) is 33.0 Å². The monoisotopic (exact) mass is 470 g/mol. The Bertz CT molecular complexity index is 1180. The molecule has 0 aliphatic carbocycles. The third-order valence-electron chi connectivity index (χ3n) is 6.61. The fourth-order valence-electron chi connectivity index (χ4n) is 4.77. The zero-order valence-corrected chi connectivity index (χ0v) is 20.4. The molecule has 4 heterocycles. The van der Waals surface area contributed by atoms with Crippen LogP contribution in [0.25, 0.3) is 10.2 Å². The van der Waals surface area contributed by atoms with Gasteiger partial charge in [-0.3, -0.25) is 4.90 Å². The molecule has 0 unspecified atom stereocenters. The van der Waals surface area contributed by atoms with E-state index >= 15 is 0 Å². The average Bonchev–Trinajstić information content (AvgIpc) is 3.11. The van der Waals surface area contributed by atoms with Gasteiger partial charge in [0, 0.05) is 35.6 Å². The third kappa shape index (κ3) is 4.03. The maximum Gasteiger partial charge on any atom is 0.146 e. The van der Waals surface area contributed by atoms with Gasteiger partial charge in [0.25, 0.3) is 0 Å². The molecule has 176 valence electrons. The molecule has 1 saturated heterocycles. The number of fused-ring (bicyclic) bond motifs is 2. The molecule has 2 aliphatic heterocycles. The highest BCUT2D eigenvalue weighted by Gasteiger charge is 2.32. The summed E-state index contributed by atoms with van der Waals surface area (Å²) in [7, 11) is 3.29. The first-order valence-electron chi connectivity index (χ1n) is 11.2. The summed E-state index contributed by atoms with van der Waals surface area (Å²) in [5, 5.41) is 12.2. The van der Waals surface area contributed by atoms with Crippen LogP contribution in [-0.4, -0.2) is 67.0 Å². The van der Waals surface area contributed by atoms with E-state index in [0.29, 0.717) is 25.4 Å². The second-order valence-electron chi connectivity index (χ2n) is 8.57. The maximum absolute atomic E-state index is 11.2. The number of ether oxygens (including phenoxy) is 3. The molecule has 1 N–H and O–H groups in total. The molecule has 2 aliphatic rings. The quantitative estimate of drug-likeness (QED) is 0.609. The van der Waals surface area contributed by atoms with Crippen LogP contribution in [0.2, 0.25) is 0 Å². The summed E-state index contributed by atoms with van der Waals surface area (Å²) < 4.78 is 16.7. The lowest BCUT2D eigenvalue weighted by Crippen LogP contribution is -2.37. The first-order valence-corrected chi connectivity index (χ1v) is 12.0. The first-order chi connectivity index (χ1) is 16.0. The number of hydrogen-bond acceptors (Lipinski definition) is 9. The molecule has 1 aromatic carbocycles. The van der Waals surface area contributed by atoms with Crippen molar-refractivity contribution in [1.82, 2.24) is 14.9 Å². The third-order valence-corrected chi connectivity index (χ3v) is 7.71. The van der Waals surface area contributed by atoms with E-state index in [1.54, 1.807) is 25.6 Å². The molecule has 0 amide bonds. The van der Waals surface area contributed by atoms with Gasteiger partial charge in [0.1, 0.15) is 34.1 Å². The van der Waals surface area contributed by atoms with Crippen LogP contribution in [0.3, 0.4) is 0 Å². The Kier molecular flexibility index (Phi) is 6.13. The van der Waals surface area contributed by atoms with E-state index in [2.05, 4.69) is 23.6 Å².